The normalized spacial score (nSPS) is 8.43. The Balaban J connectivity index is 4.71. The standard InChI is InChI=1S/C7H9NO6/c1-4-14-7(11)8(5(9)12-2)6(10)13-3/h4H,1H2,2-3H3. The van der Waals surface area contributed by atoms with Crippen molar-refractivity contribution in [2.24, 2.45) is 0 Å². The second kappa shape index (κ2) is 5.57. The summed E-state index contributed by atoms with van der Waals surface area (Å²) in [5, 5.41) is 0. The van der Waals surface area contributed by atoms with Crippen LogP contribution in [0.3, 0.4) is 0 Å². The van der Waals surface area contributed by atoms with E-state index in [1.165, 1.54) is 0 Å². The summed E-state index contributed by atoms with van der Waals surface area (Å²) in [6.07, 6.45) is -2.90. The lowest BCUT2D eigenvalue weighted by Crippen LogP contribution is -2.41. The van der Waals surface area contributed by atoms with Gasteiger partial charge in [0.05, 0.1) is 20.5 Å². The largest absolute Gasteiger partial charge is 0.452 e. The third-order valence-corrected chi connectivity index (χ3v) is 1.08. The summed E-state index contributed by atoms with van der Waals surface area (Å²) in [5.74, 6) is 0. The molecule has 0 aliphatic rings. The maximum absolute atomic E-state index is 11.0. The highest BCUT2D eigenvalue weighted by molar-refractivity contribution is 6.03. The van der Waals surface area contributed by atoms with Crippen LogP contribution in [-0.4, -0.2) is 37.4 Å². The summed E-state index contributed by atoms with van der Waals surface area (Å²) in [5.41, 5.74) is 0. The number of imide groups is 3. The Bertz CT molecular complexity index is 245. The first-order chi connectivity index (χ1) is 6.58. The number of amides is 3. The van der Waals surface area contributed by atoms with Gasteiger partial charge in [0.1, 0.15) is 0 Å². The Hall–Kier alpha value is -2.05. The third-order valence-electron chi connectivity index (χ3n) is 1.08. The molecular weight excluding hydrogens is 194 g/mol. The molecule has 0 fully saturated rings. The number of rotatable bonds is 1. The molecule has 0 aliphatic heterocycles. The predicted octanol–water partition coefficient (Wildman–Crippen LogP) is 1.10. The lowest BCUT2D eigenvalue weighted by molar-refractivity contribution is 0.0896. The highest BCUT2D eigenvalue weighted by atomic mass is 16.6. The molecule has 0 aromatic rings. The number of methoxy groups -OCH3 is 2. The fraction of sp³-hybridized carbons (Fsp3) is 0.286. The van der Waals surface area contributed by atoms with E-state index in [9.17, 15) is 14.4 Å². The van der Waals surface area contributed by atoms with Crippen molar-refractivity contribution in [3.63, 3.8) is 0 Å². The zero-order chi connectivity index (χ0) is 11.1. The van der Waals surface area contributed by atoms with E-state index in [1.54, 1.807) is 0 Å². The van der Waals surface area contributed by atoms with Crippen molar-refractivity contribution in [2.45, 2.75) is 0 Å². The van der Waals surface area contributed by atoms with Gasteiger partial charge in [-0.25, -0.2) is 14.4 Å². The van der Waals surface area contributed by atoms with E-state index in [4.69, 9.17) is 0 Å². The van der Waals surface area contributed by atoms with Crippen molar-refractivity contribution >= 4 is 18.3 Å². The van der Waals surface area contributed by atoms with E-state index in [0.717, 1.165) is 20.5 Å². The van der Waals surface area contributed by atoms with Gasteiger partial charge < -0.3 is 14.2 Å². The van der Waals surface area contributed by atoms with E-state index in [0.29, 0.717) is 0 Å². The molecule has 0 rings (SSSR count). The van der Waals surface area contributed by atoms with E-state index in [2.05, 4.69) is 20.8 Å². The molecule has 0 atom stereocenters. The summed E-state index contributed by atoms with van der Waals surface area (Å²) in [4.78, 5) is 32.8. The molecule has 3 amide bonds. The van der Waals surface area contributed by atoms with Crippen LogP contribution in [0.15, 0.2) is 12.8 Å². The van der Waals surface area contributed by atoms with Crippen LogP contribution in [0.2, 0.25) is 0 Å². The fourth-order valence-corrected chi connectivity index (χ4v) is 0.530. The van der Waals surface area contributed by atoms with Crippen LogP contribution in [0.1, 0.15) is 0 Å². The first-order valence-corrected chi connectivity index (χ1v) is 3.36. The lowest BCUT2D eigenvalue weighted by atomic mass is 10.8. The second-order valence-electron chi connectivity index (χ2n) is 1.83. The average Bonchev–Trinajstić information content (AvgIpc) is 2.17. The van der Waals surface area contributed by atoms with Gasteiger partial charge in [-0.05, 0) is 0 Å². The van der Waals surface area contributed by atoms with Gasteiger partial charge in [0.15, 0.2) is 0 Å². The van der Waals surface area contributed by atoms with E-state index in [-0.39, 0.29) is 4.90 Å². The van der Waals surface area contributed by atoms with Crippen LogP contribution >= 0.6 is 0 Å². The molecular formula is C7H9NO6. The summed E-state index contributed by atoms with van der Waals surface area (Å²) >= 11 is 0. The maximum atomic E-state index is 11.0. The molecule has 0 aliphatic carbocycles. The topological polar surface area (TPSA) is 82.1 Å². The quantitative estimate of drug-likeness (QED) is 0.468. The second-order valence-corrected chi connectivity index (χ2v) is 1.83. The first-order valence-electron chi connectivity index (χ1n) is 3.36. The molecule has 0 unspecified atom stereocenters. The van der Waals surface area contributed by atoms with Gasteiger partial charge in [0, 0.05) is 0 Å². The Morgan fingerprint density at radius 1 is 1.07 bits per heavy atom. The SMILES string of the molecule is C=COC(=O)N(C(=O)OC)C(=O)OC. The molecule has 0 N–H and O–H groups in total. The van der Waals surface area contributed by atoms with Crippen molar-refractivity contribution in [1.82, 2.24) is 4.90 Å². The molecule has 0 saturated heterocycles. The van der Waals surface area contributed by atoms with Crippen LogP contribution < -0.4 is 0 Å². The summed E-state index contributed by atoms with van der Waals surface area (Å²) in [6.45, 7) is 3.08. The van der Waals surface area contributed by atoms with Crippen LogP contribution in [-0.2, 0) is 14.2 Å². The van der Waals surface area contributed by atoms with Crippen molar-refractivity contribution in [3.05, 3.63) is 12.8 Å². The predicted molar refractivity (Wildman–Crippen MR) is 43.3 cm³/mol. The van der Waals surface area contributed by atoms with E-state index in [1.807, 2.05) is 0 Å². The molecule has 0 spiro atoms. The van der Waals surface area contributed by atoms with Gasteiger partial charge in [-0.2, -0.15) is 0 Å². The monoisotopic (exact) mass is 203 g/mol. The number of hydrogen-bond donors (Lipinski definition) is 0. The van der Waals surface area contributed by atoms with Crippen molar-refractivity contribution in [1.29, 1.82) is 0 Å². The molecule has 0 bridgehead atoms. The Kier molecular flexibility index (Phi) is 4.76. The molecule has 14 heavy (non-hydrogen) atoms. The summed E-state index contributed by atoms with van der Waals surface area (Å²) in [7, 11) is 2.00. The Morgan fingerprint density at radius 2 is 1.50 bits per heavy atom. The van der Waals surface area contributed by atoms with E-state index >= 15 is 0 Å². The van der Waals surface area contributed by atoms with E-state index < -0.39 is 18.3 Å². The molecule has 0 aromatic heterocycles. The third kappa shape index (κ3) is 2.77. The zero-order valence-corrected chi connectivity index (χ0v) is 7.68. The lowest BCUT2D eigenvalue weighted by Gasteiger charge is -2.13. The van der Waals surface area contributed by atoms with Crippen LogP contribution in [0, 0.1) is 0 Å². The summed E-state index contributed by atoms with van der Waals surface area (Å²) < 4.78 is 12.5. The van der Waals surface area contributed by atoms with Gasteiger partial charge in [-0.1, -0.05) is 6.58 Å². The van der Waals surface area contributed by atoms with Crippen LogP contribution in [0.5, 0.6) is 0 Å². The van der Waals surface area contributed by atoms with Gasteiger partial charge in [-0.15, -0.1) is 4.90 Å². The Labute approximate surface area is 79.8 Å². The minimum absolute atomic E-state index is 0.0433. The van der Waals surface area contributed by atoms with Gasteiger partial charge in [0.25, 0.3) is 0 Å². The minimum Gasteiger partial charge on any atom is -0.452 e. The number of carbonyl (C=O) groups is 3. The number of nitrogens with zero attached hydrogens (tertiary/aromatic N) is 1. The first kappa shape index (κ1) is 11.9. The highest BCUT2D eigenvalue weighted by Crippen LogP contribution is 2.00. The fourth-order valence-electron chi connectivity index (χ4n) is 0.530. The van der Waals surface area contributed by atoms with Crippen molar-refractivity contribution in [2.75, 3.05) is 14.2 Å². The van der Waals surface area contributed by atoms with Crippen LogP contribution in [0.25, 0.3) is 0 Å². The Morgan fingerprint density at radius 3 is 1.79 bits per heavy atom. The molecule has 7 heteroatoms. The number of carbonyl (C=O) groups excluding carboxylic acids is 3. The smallest absolute Gasteiger partial charge is 0.434 e. The number of hydrogen-bond acceptors (Lipinski definition) is 6. The molecule has 7 nitrogen and oxygen atoms in total. The van der Waals surface area contributed by atoms with Gasteiger partial charge >= 0.3 is 18.3 Å². The van der Waals surface area contributed by atoms with Crippen LogP contribution in [0.4, 0.5) is 14.4 Å². The molecule has 78 valence electrons. The van der Waals surface area contributed by atoms with Crippen molar-refractivity contribution < 1.29 is 28.6 Å². The number of ether oxygens (including phenoxy) is 3. The van der Waals surface area contributed by atoms with Gasteiger partial charge in [0.2, 0.25) is 0 Å². The maximum Gasteiger partial charge on any atom is 0.434 e. The highest BCUT2D eigenvalue weighted by Gasteiger charge is 2.31. The minimum atomic E-state index is -1.25. The van der Waals surface area contributed by atoms with Crippen molar-refractivity contribution in [3.8, 4) is 0 Å². The molecule has 0 radical (unpaired) electrons. The zero-order valence-electron chi connectivity index (χ0n) is 7.68. The summed E-state index contributed by atoms with van der Waals surface area (Å²) in [6, 6.07) is 0. The van der Waals surface area contributed by atoms with Gasteiger partial charge in [-0.3, -0.25) is 0 Å². The molecule has 0 saturated carbocycles. The molecule has 0 heterocycles. The molecule has 0 aromatic carbocycles. The average molecular weight is 203 g/mol.